The van der Waals surface area contributed by atoms with E-state index in [4.69, 9.17) is 0 Å². The minimum Gasteiger partial charge on any atom is -0.324 e. The van der Waals surface area contributed by atoms with E-state index in [1.54, 1.807) is 0 Å². The number of hydrogen-bond acceptors (Lipinski definition) is 3. The van der Waals surface area contributed by atoms with Crippen LogP contribution in [0.5, 0.6) is 0 Å². The van der Waals surface area contributed by atoms with Gasteiger partial charge in [-0.1, -0.05) is 32.9 Å². The van der Waals surface area contributed by atoms with Crippen LogP contribution in [0.15, 0.2) is 18.2 Å². The Balaban J connectivity index is 1.74. The number of anilines is 1. The lowest BCUT2D eigenvalue weighted by atomic mass is 9.64. The number of carbonyl (C=O) groups excluding carboxylic acids is 3. The molecule has 6 heteroatoms. The van der Waals surface area contributed by atoms with Gasteiger partial charge >= 0.3 is 6.03 Å². The highest BCUT2D eigenvalue weighted by molar-refractivity contribution is 6.10. The minimum atomic E-state index is -0.877. The average Bonchev–Trinajstić information content (AvgIpc) is 2.72. The molecule has 0 radical (unpaired) electrons. The molecule has 0 bridgehead atoms. The highest BCUT2D eigenvalue weighted by Gasteiger charge is 2.56. The first-order chi connectivity index (χ1) is 12.5. The van der Waals surface area contributed by atoms with Crippen LogP contribution in [-0.2, 0) is 9.59 Å². The number of imide groups is 1. The zero-order valence-corrected chi connectivity index (χ0v) is 16.8. The quantitative estimate of drug-likeness (QED) is 0.800. The Bertz CT molecular complexity index is 802. The van der Waals surface area contributed by atoms with Gasteiger partial charge < -0.3 is 10.6 Å². The molecule has 1 aromatic rings. The van der Waals surface area contributed by atoms with Gasteiger partial charge in [-0.15, -0.1) is 0 Å². The maximum Gasteiger partial charge on any atom is 0.325 e. The molecule has 6 nitrogen and oxygen atoms in total. The monoisotopic (exact) mass is 371 g/mol. The molecule has 27 heavy (non-hydrogen) atoms. The van der Waals surface area contributed by atoms with Gasteiger partial charge in [-0.05, 0) is 61.6 Å². The second kappa shape index (κ2) is 6.66. The Morgan fingerprint density at radius 1 is 1.26 bits per heavy atom. The first kappa shape index (κ1) is 19.4. The molecule has 2 aliphatic rings. The lowest BCUT2D eigenvalue weighted by molar-refractivity contribution is -0.136. The molecule has 1 saturated carbocycles. The number of benzene rings is 1. The summed E-state index contributed by atoms with van der Waals surface area (Å²) in [7, 11) is 0. The molecule has 1 aliphatic carbocycles. The fourth-order valence-corrected chi connectivity index (χ4v) is 4.85. The van der Waals surface area contributed by atoms with Crippen LogP contribution in [0.1, 0.15) is 51.2 Å². The minimum absolute atomic E-state index is 0.0302. The van der Waals surface area contributed by atoms with E-state index in [1.165, 1.54) is 0 Å². The molecule has 2 N–H and O–H groups in total. The predicted octanol–water partition coefficient (Wildman–Crippen LogP) is 3.38. The van der Waals surface area contributed by atoms with Crippen LogP contribution >= 0.6 is 0 Å². The summed E-state index contributed by atoms with van der Waals surface area (Å²) in [5.74, 6) is -0.308. The van der Waals surface area contributed by atoms with Gasteiger partial charge in [0, 0.05) is 5.69 Å². The molecule has 1 saturated heterocycles. The van der Waals surface area contributed by atoms with Crippen LogP contribution in [0.2, 0.25) is 0 Å². The Kier molecular flexibility index (Phi) is 4.78. The molecule has 3 rings (SSSR count). The van der Waals surface area contributed by atoms with Crippen molar-refractivity contribution < 1.29 is 14.4 Å². The highest BCUT2D eigenvalue weighted by atomic mass is 16.2. The van der Waals surface area contributed by atoms with E-state index in [1.807, 2.05) is 32.0 Å². The van der Waals surface area contributed by atoms with Crippen molar-refractivity contribution in [2.45, 2.75) is 59.4 Å². The molecule has 2 fully saturated rings. The van der Waals surface area contributed by atoms with Gasteiger partial charge in [0.2, 0.25) is 5.91 Å². The Morgan fingerprint density at radius 3 is 2.63 bits per heavy atom. The van der Waals surface area contributed by atoms with E-state index in [0.717, 1.165) is 22.4 Å². The molecule has 1 heterocycles. The summed E-state index contributed by atoms with van der Waals surface area (Å²) >= 11 is 0. The first-order valence-electron chi connectivity index (χ1n) is 9.53. The number of nitrogens with zero attached hydrogens (tertiary/aromatic N) is 1. The van der Waals surface area contributed by atoms with E-state index >= 15 is 0 Å². The number of hydrogen-bond donors (Lipinski definition) is 2. The fourth-order valence-electron chi connectivity index (χ4n) is 4.85. The zero-order valence-electron chi connectivity index (χ0n) is 16.8. The number of nitrogens with one attached hydrogen (secondary N) is 2. The molecule has 0 unspecified atom stereocenters. The van der Waals surface area contributed by atoms with Gasteiger partial charge in [-0.3, -0.25) is 14.5 Å². The van der Waals surface area contributed by atoms with E-state index in [0.29, 0.717) is 24.4 Å². The van der Waals surface area contributed by atoms with E-state index < -0.39 is 11.6 Å². The van der Waals surface area contributed by atoms with Crippen molar-refractivity contribution in [1.29, 1.82) is 0 Å². The summed E-state index contributed by atoms with van der Waals surface area (Å²) in [4.78, 5) is 39.2. The van der Waals surface area contributed by atoms with Gasteiger partial charge in [-0.2, -0.15) is 0 Å². The van der Waals surface area contributed by atoms with Gasteiger partial charge in [0.15, 0.2) is 0 Å². The number of aryl methyl sites for hydroxylation is 2. The van der Waals surface area contributed by atoms with Crippen molar-refractivity contribution in [2.24, 2.45) is 11.3 Å². The van der Waals surface area contributed by atoms with E-state index in [9.17, 15) is 14.4 Å². The third-order valence-electron chi connectivity index (χ3n) is 5.59. The molecule has 1 aromatic carbocycles. The molecule has 146 valence electrons. The summed E-state index contributed by atoms with van der Waals surface area (Å²) in [6.07, 6.45) is 2.24. The van der Waals surface area contributed by atoms with Crippen molar-refractivity contribution >= 4 is 23.5 Å². The zero-order chi connectivity index (χ0) is 20.0. The Morgan fingerprint density at radius 2 is 1.96 bits per heavy atom. The summed E-state index contributed by atoms with van der Waals surface area (Å²) in [6.45, 7) is 9.94. The molecule has 1 aliphatic heterocycles. The van der Waals surface area contributed by atoms with Gasteiger partial charge in [0.25, 0.3) is 5.91 Å². The highest BCUT2D eigenvalue weighted by Crippen LogP contribution is 2.46. The standard InChI is InChI=1S/C21H29N3O3/c1-13-6-7-15(3)16(8-13)22-17(25)11-24-18(26)21(23-19(24)27)10-14(2)9-20(4,5)12-21/h6-8,14H,9-12H2,1-5H3,(H,22,25)(H,23,27)/t14-,21-/m0/s1. The SMILES string of the molecule is Cc1ccc(C)c(NC(=O)CN2C(=O)N[C@]3(C[C@@H](C)CC(C)(C)C3)C2=O)c1. The second-order valence-electron chi connectivity index (χ2n) is 9.12. The average molecular weight is 371 g/mol. The van der Waals surface area contributed by atoms with Crippen molar-refractivity contribution in [2.75, 3.05) is 11.9 Å². The molecular formula is C21H29N3O3. The number of amides is 4. The van der Waals surface area contributed by atoms with Crippen molar-refractivity contribution in [3.05, 3.63) is 29.3 Å². The van der Waals surface area contributed by atoms with Crippen LogP contribution in [0, 0.1) is 25.2 Å². The second-order valence-corrected chi connectivity index (χ2v) is 9.12. The van der Waals surface area contributed by atoms with Crippen LogP contribution < -0.4 is 10.6 Å². The Hall–Kier alpha value is -2.37. The van der Waals surface area contributed by atoms with Crippen LogP contribution in [0.25, 0.3) is 0 Å². The van der Waals surface area contributed by atoms with Gasteiger partial charge in [0.1, 0.15) is 12.1 Å². The lowest BCUT2D eigenvalue weighted by Crippen LogP contribution is -2.54. The summed E-state index contributed by atoms with van der Waals surface area (Å²) < 4.78 is 0. The summed E-state index contributed by atoms with van der Waals surface area (Å²) in [5, 5.41) is 5.72. The van der Waals surface area contributed by atoms with Gasteiger partial charge in [0.05, 0.1) is 0 Å². The lowest BCUT2D eigenvalue weighted by Gasteiger charge is -2.43. The normalized spacial score (nSPS) is 27.0. The summed E-state index contributed by atoms with van der Waals surface area (Å²) in [5.41, 5.74) is 1.76. The van der Waals surface area contributed by atoms with Gasteiger partial charge in [-0.25, -0.2) is 4.79 Å². The topological polar surface area (TPSA) is 78.5 Å². The third-order valence-corrected chi connectivity index (χ3v) is 5.59. The van der Waals surface area contributed by atoms with Crippen LogP contribution in [0.4, 0.5) is 10.5 Å². The van der Waals surface area contributed by atoms with Crippen molar-refractivity contribution in [3.63, 3.8) is 0 Å². The molecule has 0 aromatic heterocycles. The van der Waals surface area contributed by atoms with Crippen LogP contribution in [0.3, 0.4) is 0 Å². The van der Waals surface area contributed by atoms with E-state index in [2.05, 4.69) is 31.4 Å². The van der Waals surface area contributed by atoms with Crippen molar-refractivity contribution in [1.82, 2.24) is 10.2 Å². The predicted molar refractivity (Wildman–Crippen MR) is 104 cm³/mol. The third kappa shape index (κ3) is 3.84. The van der Waals surface area contributed by atoms with Crippen molar-refractivity contribution in [3.8, 4) is 0 Å². The largest absolute Gasteiger partial charge is 0.325 e. The van der Waals surface area contributed by atoms with Crippen LogP contribution in [-0.4, -0.2) is 34.8 Å². The number of urea groups is 1. The smallest absolute Gasteiger partial charge is 0.324 e. The Labute approximate surface area is 160 Å². The summed E-state index contributed by atoms with van der Waals surface area (Å²) in [6, 6.07) is 5.31. The fraction of sp³-hybridized carbons (Fsp3) is 0.571. The molecule has 1 spiro atoms. The molecule has 4 amide bonds. The molecule has 2 atom stereocenters. The maximum atomic E-state index is 13.1. The number of carbonyl (C=O) groups is 3. The first-order valence-corrected chi connectivity index (χ1v) is 9.53. The maximum absolute atomic E-state index is 13.1. The molecular weight excluding hydrogens is 342 g/mol. The van der Waals surface area contributed by atoms with E-state index in [-0.39, 0.29) is 23.8 Å². The number of rotatable bonds is 3.